The average Bonchev–Trinajstić information content (AvgIpc) is 2.82. The molecule has 0 atom stereocenters. The molecule has 9 nitrogen and oxygen atoms in total. The summed E-state index contributed by atoms with van der Waals surface area (Å²) in [5, 5.41) is 2.78. The third-order valence-electron chi connectivity index (χ3n) is 4.37. The first-order valence-corrected chi connectivity index (χ1v) is 13.3. The molecule has 11 heteroatoms. The molecule has 0 aliphatic rings. The van der Waals surface area contributed by atoms with Crippen LogP contribution in [0, 0.1) is 0 Å². The van der Waals surface area contributed by atoms with Gasteiger partial charge in [-0.25, -0.2) is 4.57 Å². The highest BCUT2D eigenvalue weighted by Gasteiger charge is 2.27. The highest BCUT2D eigenvalue weighted by Crippen LogP contribution is 2.65. The second kappa shape index (κ2) is 13.3. The Kier molecular flexibility index (Phi) is 10.8. The molecule has 0 saturated carbocycles. The van der Waals surface area contributed by atoms with E-state index in [1.165, 1.54) is 27.4 Å². The lowest BCUT2D eigenvalue weighted by Gasteiger charge is -2.18. The van der Waals surface area contributed by atoms with Crippen molar-refractivity contribution in [1.82, 2.24) is 0 Å². The average molecular weight is 512 g/mol. The van der Waals surface area contributed by atoms with E-state index in [1.54, 1.807) is 57.4 Å². The highest BCUT2D eigenvalue weighted by molar-refractivity contribution is 8.55. The molecule has 0 fully saturated rings. The van der Waals surface area contributed by atoms with Crippen molar-refractivity contribution >= 4 is 35.8 Å². The zero-order chi connectivity index (χ0) is 25.1. The topological polar surface area (TPSA) is 102 Å². The van der Waals surface area contributed by atoms with Crippen LogP contribution in [-0.2, 0) is 18.4 Å². The lowest BCUT2D eigenvalue weighted by atomic mass is 10.1. The van der Waals surface area contributed by atoms with Gasteiger partial charge in [0.2, 0.25) is 5.91 Å². The van der Waals surface area contributed by atoms with Crippen molar-refractivity contribution in [3.8, 4) is 23.0 Å². The Labute approximate surface area is 204 Å². The molecule has 2 rings (SSSR count). The summed E-state index contributed by atoms with van der Waals surface area (Å²) in [6, 6.07) is 8.38. The summed E-state index contributed by atoms with van der Waals surface area (Å²) in [7, 11) is 6.08. The van der Waals surface area contributed by atoms with Crippen molar-refractivity contribution in [1.29, 1.82) is 0 Å². The van der Waals surface area contributed by atoms with Crippen LogP contribution in [0.25, 0.3) is 6.08 Å². The van der Waals surface area contributed by atoms with Gasteiger partial charge < -0.3 is 33.3 Å². The van der Waals surface area contributed by atoms with Gasteiger partial charge in [0.05, 0.1) is 52.1 Å². The molecule has 0 radical (unpaired) electrons. The Bertz CT molecular complexity index is 1020. The van der Waals surface area contributed by atoms with Crippen LogP contribution in [0.15, 0.2) is 41.3 Å². The van der Waals surface area contributed by atoms with Gasteiger partial charge in [-0.3, -0.25) is 4.79 Å². The maximum absolute atomic E-state index is 12.9. The van der Waals surface area contributed by atoms with E-state index in [2.05, 4.69) is 5.32 Å². The Morgan fingerprint density at radius 1 is 0.912 bits per heavy atom. The molecule has 0 saturated heterocycles. The number of nitrogens with one attached hydrogen (secondary N) is 1. The maximum Gasteiger partial charge on any atom is 0.393 e. The fourth-order valence-corrected chi connectivity index (χ4v) is 6.47. The van der Waals surface area contributed by atoms with E-state index < -0.39 is 6.80 Å². The number of anilines is 1. The molecule has 1 amide bonds. The van der Waals surface area contributed by atoms with E-state index in [9.17, 15) is 9.36 Å². The highest BCUT2D eigenvalue weighted by atomic mass is 32.7. The van der Waals surface area contributed by atoms with E-state index in [1.807, 2.05) is 0 Å². The van der Waals surface area contributed by atoms with Crippen LogP contribution in [-0.4, -0.2) is 47.6 Å². The fourth-order valence-electron chi connectivity index (χ4n) is 2.89. The largest absolute Gasteiger partial charge is 0.496 e. The van der Waals surface area contributed by atoms with Crippen molar-refractivity contribution in [2.45, 2.75) is 18.7 Å². The molecule has 0 aliphatic carbocycles. The summed E-state index contributed by atoms with van der Waals surface area (Å²) in [5.41, 5.74) is 1.06. The van der Waals surface area contributed by atoms with Crippen LogP contribution < -0.4 is 24.3 Å². The summed E-state index contributed by atoms with van der Waals surface area (Å²) in [6.45, 7) is 0.486. The van der Waals surface area contributed by atoms with Gasteiger partial charge in [-0.05, 0) is 49.5 Å². The second-order valence-corrected chi connectivity index (χ2v) is 10.4. The van der Waals surface area contributed by atoms with E-state index in [0.717, 1.165) is 11.4 Å². The molecule has 0 unspecified atom stereocenters. The van der Waals surface area contributed by atoms with Gasteiger partial charge in [0.25, 0.3) is 0 Å². The van der Waals surface area contributed by atoms with Crippen LogP contribution in [0.5, 0.6) is 23.0 Å². The number of carbonyl (C=O) groups is 1. The SMILES string of the molecule is CCOP(=O)(OCC)Sc1cc(NC(=O)C=Cc2c(OC)cc(OC)cc2OC)ccc1OC. The van der Waals surface area contributed by atoms with Crippen LogP contribution in [0.3, 0.4) is 0 Å². The third-order valence-corrected chi connectivity index (χ3v) is 8.15. The van der Waals surface area contributed by atoms with Crippen molar-refractivity contribution in [2.75, 3.05) is 47.0 Å². The lowest BCUT2D eigenvalue weighted by molar-refractivity contribution is -0.111. The zero-order valence-electron chi connectivity index (χ0n) is 20.1. The van der Waals surface area contributed by atoms with Gasteiger partial charge in [0.15, 0.2) is 0 Å². The quantitative estimate of drug-likeness (QED) is 0.270. The zero-order valence-corrected chi connectivity index (χ0v) is 21.8. The lowest BCUT2D eigenvalue weighted by Crippen LogP contribution is -2.08. The van der Waals surface area contributed by atoms with Crippen molar-refractivity contribution in [3.05, 3.63) is 42.0 Å². The molecule has 1 N–H and O–H groups in total. The summed E-state index contributed by atoms with van der Waals surface area (Å²) >= 11 is 0.928. The van der Waals surface area contributed by atoms with Crippen LogP contribution in [0.4, 0.5) is 5.69 Å². The first-order valence-electron chi connectivity index (χ1n) is 10.4. The number of hydrogen-bond acceptors (Lipinski definition) is 9. The van der Waals surface area contributed by atoms with E-state index >= 15 is 0 Å². The van der Waals surface area contributed by atoms with Crippen molar-refractivity contribution < 1.29 is 37.4 Å². The summed E-state index contributed by atoms with van der Waals surface area (Å²) in [5.74, 6) is 1.64. The normalized spacial score (nSPS) is 11.4. The molecule has 0 aliphatic heterocycles. The smallest absolute Gasteiger partial charge is 0.393 e. The molecule has 34 heavy (non-hydrogen) atoms. The molecule has 0 bridgehead atoms. The van der Waals surface area contributed by atoms with Crippen LogP contribution >= 0.6 is 18.2 Å². The summed E-state index contributed by atoms with van der Waals surface area (Å²) < 4.78 is 45.0. The molecular formula is C23H30NO8PS. The first kappa shape index (κ1) is 27.6. The number of ether oxygens (including phenoxy) is 4. The standard InChI is InChI=1S/C23H30NO8PS/c1-7-31-33(26,32-8-2)34-22-13-16(9-11-19(22)28-4)24-23(25)12-10-18-20(29-5)14-17(27-3)15-21(18)30-6/h9-15H,7-8H2,1-6H3,(H,24,25). The Morgan fingerprint density at radius 2 is 1.50 bits per heavy atom. The molecular weight excluding hydrogens is 481 g/mol. The molecule has 0 spiro atoms. The number of carbonyl (C=O) groups excluding carboxylic acids is 1. The maximum atomic E-state index is 12.9. The predicted molar refractivity (Wildman–Crippen MR) is 133 cm³/mol. The van der Waals surface area contributed by atoms with Gasteiger partial charge in [-0.1, -0.05) is 0 Å². The van der Waals surface area contributed by atoms with E-state index in [-0.39, 0.29) is 19.1 Å². The summed E-state index contributed by atoms with van der Waals surface area (Å²) in [6.07, 6.45) is 2.94. The third kappa shape index (κ3) is 7.43. The van der Waals surface area contributed by atoms with Gasteiger partial charge in [-0.15, -0.1) is 0 Å². The number of amides is 1. The monoisotopic (exact) mass is 511 g/mol. The first-order chi connectivity index (χ1) is 16.3. The number of hydrogen-bond donors (Lipinski definition) is 1. The fraction of sp³-hybridized carbons (Fsp3) is 0.348. The minimum atomic E-state index is -3.44. The van der Waals surface area contributed by atoms with Gasteiger partial charge in [-0.2, -0.15) is 0 Å². The second-order valence-electron chi connectivity index (χ2n) is 6.51. The molecule has 0 aromatic heterocycles. The Morgan fingerprint density at radius 3 is 2.00 bits per heavy atom. The minimum Gasteiger partial charge on any atom is -0.496 e. The van der Waals surface area contributed by atoms with Crippen LogP contribution in [0.2, 0.25) is 0 Å². The predicted octanol–water partition coefficient (Wildman–Crippen LogP) is 5.65. The minimum absolute atomic E-state index is 0.228. The Hall–Kier alpha value is -2.65. The number of methoxy groups -OCH3 is 4. The van der Waals surface area contributed by atoms with Gasteiger partial charge in [0.1, 0.15) is 23.0 Å². The number of benzene rings is 2. The molecule has 2 aromatic rings. The molecule has 0 heterocycles. The van der Waals surface area contributed by atoms with Crippen LogP contribution in [0.1, 0.15) is 19.4 Å². The van der Waals surface area contributed by atoms with Crippen molar-refractivity contribution in [2.24, 2.45) is 0 Å². The number of rotatable bonds is 13. The summed E-state index contributed by atoms with van der Waals surface area (Å²) in [4.78, 5) is 13.1. The van der Waals surface area contributed by atoms with Gasteiger partial charge in [0, 0.05) is 23.9 Å². The Balaban J connectivity index is 2.26. The van der Waals surface area contributed by atoms with Gasteiger partial charge >= 0.3 is 6.80 Å². The molecule has 2 aromatic carbocycles. The molecule has 186 valence electrons. The van der Waals surface area contributed by atoms with E-state index in [4.69, 9.17) is 28.0 Å². The van der Waals surface area contributed by atoms with Crippen molar-refractivity contribution in [3.63, 3.8) is 0 Å². The van der Waals surface area contributed by atoms with E-state index in [0.29, 0.717) is 39.1 Å².